The first kappa shape index (κ1) is 16.1. The highest BCUT2D eigenvalue weighted by atomic mass is 16.5. The van der Waals surface area contributed by atoms with E-state index in [1.807, 2.05) is 39.0 Å². The molecule has 0 amide bonds. The molecule has 0 heterocycles. The Morgan fingerprint density at radius 2 is 1.95 bits per heavy atom. The molecule has 0 aliphatic heterocycles. The number of methoxy groups -OCH3 is 2. The molecule has 1 rings (SSSR count). The molecule has 0 saturated carbocycles. The standard InChI is InChI=1S/C15H25N3O2/c1-15(2,3)18-14(16)17-9-8-11-10-12(19-4)6-7-13(11)20-5/h6-7,10H,8-9H2,1-5H3,(H3,16,17,18). The maximum atomic E-state index is 5.83. The van der Waals surface area contributed by atoms with Gasteiger partial charge in [0.25, 0.3) is 0 Å². The van der Waals surface area contributed by atoms with Crippen molar-refractivity contribution < 1.29 is 9.47 Å². The third-order valence-electron chi connectivity index (χ3n) is 2.65. The van der Waals surface area contributed by atoms with Crippen molar-refractivity contribution in [3.05, 3.63) is 23.8 Å². The van der Waals surface area contributed by atoms with E-state index in [2.05, 4.69) is 10.3 Å². The van der Waals surface area contributed by atoms with Crippen molar-refractivity contribution in [2.75, 3.05) is 20.8 Å². The third-order valence-corrected chi connectivity index (χ3v) is 2.65. The zero-order chi connectivity index (χ0) is 15.2. The van der Waals surface area contributed by atoms with Crippen molar-refractivity contribution in [1.29, 1.82) is 0 Å². The van der Waals surface area contributed by atoms with Gasteiger partial charge in [-0.15, -0.1) is 0 Å². The minimum Gasteiger partial charge on any atom is -0.497 e. The summed E-state index contributed by atoms with van der Waals surface area (Å²) in [6, 6.07) is 5.73. The first-order valence-electron chi connectivity index (χ1n) is 6.64. The number of nitrogens with two attached hydrogens (primary N) is 1. The number of ether oxygens (including phenoxy) is 2. The van der Waals surface area contributed by atoms with Gasteiger partial charge in [0, 0.05) is 12.1 Å². The molecule has 0 spiro atoms. The number of hydrogen-bond acceptors (Lipinski definition) is 3. The first-order valence-corrected chi connectivity index (χ1v) is 6.64. The maximum Gasteiger partial charge on any atom is 0.188 e. The molecule has 0 aromatic heterocycles. The molecule has 0 aliphatic carbocycles. The zero-order valence-electron chi connectivity index (χ0n) is 13.0. The summed E-state index contributed by atoms with van der Waals surface area (Å²) >= 11 is 0. The molecule has 5 heteroatoms. The van der Waals surface area contributed by atoms with Crippen LogP contribution in [0.2, 0.25) is 0 Å². The summed E-state index contributed by atoms with van der Waals surface area (Å²) in [6.07, 6.45) is 0.743. The van der Waals surface area contributed by atoms with Crippen molar-refractivity contribution in [2.45, 2.75) is 32.7 Å². The molecule has 5 nitrogen and oxygen atoms in total. The average Bonchev–Trinajstić information content (AvgIpc) is 2.36. The van der Waals surface area contributed by atoms with E-state index in [-0.39, 0.29) is 5.54 Å². The number of rotatable bonds is 5. The lowest BCUT2D eigenvalue weighted by Gasteiger charge is -2.21. The molecule has 0 unspecified atom stereocenters. The van der Waals surface area contributed by atoms with Gasteiger partial charge in [-0.3, -0.25) is 4.99 Å². The molecule has 0 aliphatic rings. The van der Waals surface area contributed by atoms with Gasteiger partial charge in [0.1, 0.15) is 11.5 Å². The Bertz CT molecular complexity index is 465. The largest absolute Gasteiger partial charge is 0.497 e. The SMILES string of the molecule is COc1ccc(OC)c(CCN=C(N)NC(C)(C)C)c1. The van der Waals surface area contributed by atoms with E-state index in [4.69, 9.17) is 15.2 Å². The van der Waals surface area contributed by atoms with Crippen molar-refractivity contribution in [1.82, 2.24) is 5.32 Å². The average molecular weight is 279 g/mol. The molecule has 0 fully saturated rings. The molecule has 20 heavy (non-hydrogen) atoms. The van der Waals surface area contributed by atoms with Crippen LogP contribution in [0.15, 0.2) is 23.2 Å². The predicted octanol–water partition coefficient (Wildman–Crippen LogP) is 1.95. The molecule has 0 radical (unpaired) electrons. The van der Waals surface area contributed by atoms with Crippen LogP contribution in [0.4, 0.5) is 0 Å². The van der Waals surface area contributed by atoms with Crippen LogP contribution in [-0.2, 0) is 6.42 Å². The van der Waals surface area contributed by atoms with E-state index < -0.39 is 0 Å². The lowest BCUT2D eigenvalue weighted by molar-refractivity contribution is 0.399. The second-order valence-electron chi connectivity index (χ2n) is 5.57. The summed E-state index contributed by atoms with van der Waals surface area (Å²) in [4.78, 5) is 4.32. The van der Waals surface area contributed by atoms with Crippen molar-refractivity contribution in [2.24, 2.45) is 10.7 Å². The van der Waals surface area contributed by atoms with Gasteiger partial charge in [0.05, 0.1) is 14.2 Å². The van der Waals surface area contributed by atoms with Crippen molar-refractivity contribution >= 4 is 5.96 Å². The van der Waals surface area contributed by atoms with Gasteiger partial charge in [-0.05, 0) is 51.0 Å². The number of guanidine groups is 1. The van der Waals surface area contributed by atoms with E-state index in [0.29, 0.717) is 12.5 Å². The number of hydrogen-bond donors (Lipinski definition) is 2. The lowest BCUT2D eigenvalue weighted by Crippen LogP contribution is -2.45. The maximum absolute atomic E-state index is 5.83. The molecule has 0 saturated heterocycles. The van der Waals surface area contributed by atoms with Crippen LogP contribution < -0.4 is 20.5 Å². The highest BCUT2D eigenvalue weighted by Gasteiger charge is 2.10. The molecule has 0 atom stereocenters. The summed E-state index contributed by atoms with van der Waals surface area (Å²) in [6.45, 7) is 6.72. The molecule has 1 aromatic carbocycles. The van der Waals surface area contributed by atoms with Crippen LogP contribution in [0.5, 0.6) is 11.5 Å². The summed E-state index contributed by atoms with van der Waals surface area (Å²) in [5.41, 5.74) is 6.81. The summed E-state index contributed by atoms with van der Waals surface area (Å²) in [7, 11) is 3.30. The van der Waals surface area contributed by atoms with E-state index >= 15 is 0 Å². The van der Waals surface area contributed by atoms with Gasteiger partial charge in [-0.25, -0.2) is 0 Å². The molecular formula is C15H25N3O2. The summed E-state index contributed by atoms with van der Waals surface area (Å²) in [5.74, 6) is 2.10. The summed E-state index contributed by atoms with van der Waals surface area (Å²) in [5, 5.41) is 3.13. The Kier molecular flexibility index (Phi) is 5.67. The molecule has 1 aromatic rings. The van der Waals surface area contributed by atoms with E-state index in [0.717, 1.165) is 23.5 Å². The van der Waals surface area contributed by atoms with Gasteiger partial charge in [0.2, 0.25) is 0 Å². The van der Waals surface area contributed by atoms with Crippen LogP contribution in [-0.4, -0.2) is 32.3 Å². The smallest absolute Gasteiger partial charge is 0.188 e. The molecular weight excluding hydrogens is 254 g/mol. The number of benzene rings is 1. The van der Waals surface area contributed by atoms with Crippen LogP contribution in [0, 0.1) is 0 Å². The van der Waals surface area contributed by atoms with Crippen LogP contribution in [0.1, 0.15) is 26.3 Å². The highest BCUT2D eigenvalue weighted by Crippen LogP contribution is 2.24. The van der Waals surface area contributed by atoms with Gasteiger partial charge >= 0.3 is 0 Å². The topological polar surface area (TPSA) is 68.9 Å². The normalized spacial score (nSPS) is 12.2. The van der Waals surface area contributed by atoms with Crippen molar-refractivity contribution in [3.63, 3.8) is 0 Å². The van der Waals surface area contributed by atoms with Gasteiger partial charge in [0.15, 0.2) is 5.96 Å². The van der Waals surface area contributed by atoms with Crippen LogP contribution >= 0.6 is 0 Å². The number of nitrogens with one attached hydrogen (secondary N) is 1. The lowest BCUT2D eigenvalue weighted by atomic mass is 10.1. The Morgan fingerprint density at radius 1 is 1.25 bits per heavy atom. The fourth-order valence-corrected chi connectivity index (χ4v) is 1.80. The minimum atomic E-state index is -0.0821. The molecule has 112 valence electrons. The fourth-order valence-electron chi connectivity index (χ4n) is 1.80. The minimum absolute atomic E-state index is 0.0821. The monoisotopic (exact) mass is 279 g/mol. The van der Waals surface area contributed by atoms with Gasteiger partial charge in [-0.1, -0.05) is 0 Å². The van der Waals surface area contributed by atoms with Crippen molar-refractivity contribution in [3.8, 4) is 11.5 Å². The predicted molar refractivity (Wildman–Crippen MR) is 82.6 cm³/mol. The van der Waals surface area contributed by atoms with Crippen LogP contribution in [0.25, 0.3) is 0 Å². The first-order chi connectivity index (χ1) is 9.35. The Labute approximate surface area is 121 Å². The Morgan fingerprint density at radius 3 is 2.50 bits per heavy atom. The number of aliphatic imine (C=N–C) groups is 1. The second kappa shape index (κ2) is 7.03. The second-order valence-corrected chi connectivity index (χ2v) is 5.57. The summed E-state index contributed by atoms with van der Waals surface area (Å²) < 4.78 is 10.6. The molecule has 0 bridgehead atoms. The molecule has 3 N–H and O–H groups in total. The highest BCUT2D eigenvalue weighted by molar-refractivity contribution is 5.78. The van der Waals surface area contributed by atoms with E-state index in [9.17, 15) is 0 Å². The Balaban J connectivity index is 2.67. The number of nitrogens with zero attached hydrogens (tertiary/aromatic N) is 1. The van der Waals surface area contributed by atoms with E-state index in [1.54, 1.807) is 14.2 Å². The van der Waals surface area contributed by atoms with Gasteiger partial charge < -0.3 is 20.5 Å². The zero-order valence-corrected chi connectivity index (χ0v) is 13.0. The fraction of sp³-hybridized carbons (Fsp3) is 0.533. The quantitative estimate of drug-likeness (QED) is 0.638. The Hall–Kier alpha value is -1.91. The van der Waals surface area contributed by atoms with E-state index in [1.165, 1.54) is 0 Å². The van der Waals surface area contributed by atoms with Crippen LogP contribution in [0.3, 0.4) is 0 Å². The van der Waals surface area contributed by atoms with Gasteiger partial charge in [-0.2, -0.15) is 0 Å². The third kappa shape index (κ3) is 5.38.